The van der Waals surface area contributed by atoms with Crippen LogP contribution < -0.4 is 0 Å². The van der Waals surface area contributed by atoms with Crippen molar-refractivity contribution in [1.29, 1.82) is 0 Å². The highest BCUT2D eigenvalue weighted by atomic mass is 16.4. The van der Waals surface area contributed by atoms with Crippen molar-refractivity contribution in [2.75, 3.05) is 6.61 Å². The second-order valence-corrected chi connectivity index (χ2v) is 2.93. The molecule has 0 radical (unpaired) electrons. The van der Waals surface area contributed by atoms with Crippen molar-refractivity contribution >= 4 is 0 Å². The second kappa shape index (κ2) is 4.32. The molecule has 0 amide bonds. The number of aryl methyl sites for hydroxylation is 1. The third-order valence-corrected chi connectivity index (χ3v) is 1.81. The summed E-state index contributed by atoms with van der Waals surface area (Å²) in [5.74, 6) is 0. The van der Waals surface area contributed by atoms with Gasteiger partial charge < -0.3 is 15.3 Å². The van der Waals surface area contributed by atoms with Gasteiger partial charge in [0.1, 0.15) is 12.2 Å². The summed E-state index contributed by atoms with van der Waals surface area (Å²) in [6, 6.07) is 3.28. The maximum atomic E-state index is 9.48. The SMILES string of the molecule is Cc1cc(C(O)C(O)CO)ccn1. The smallest absolute Gasteiger partial charge is 0.107 e. The summed E-state index contributed by atoms with van der Waals surface area (Å²) < 4.78 is 0. The van der Waals surface area contributed by atoms with Crippen molar-refractivity contribution in [3.8, 4) is 0 Å². The van der Waals surface area contributed by atoms with Crippen LogP contribution in [0.1, 0.15) is 17.4 Å². The van der Waals surface area contributed by atoms with Crippen LogP contribution in [0.5, 0.6) is 0 Å². The molecule has 72 valence electrons. The van der Waals surface area contributed by atoms with Crippen LogP contribution in [0, 0.1) is 6.92 Å². The maximum absolute atomic E-state index is 9.48. The predicted octanol–water partition coefficient (Wildman–Crippen LogP) is -0.223. The average molecular weight is 183 g/mol. The molecule has 0 saturated carbocycles. The van der Waals surface area contributed by atoms with Gasteiger partial charge in [-0.15, -0.1) is 0 Å². The Morgan fingerprint density at radius 1 is 1.46 bits per heavy atom. The number of aliphatic hydroxyl groups excluding tert-OH is 3. The quantitative estimate of drug-likeness (QED) is 0.605. The molecule has 0 fully saturated rings. The molecule has 0 aliphatic rings. The largest absolute Gasteiger partial charge is 0.394 e. The van der Waals surface area contributed by atoms with Crippen LogP contribution in [-0.2, 0) is 0 Å². The summed E-state index contributed by atoms with van der Waals surface area (Å²) in [4.78, 5) is 3.95. The minimum absolute atomic E-state index is 0.456. The number of rotatable bonds is 3. The first-order valence-corrected chi connectivity index (χ1v) is 4.04. The Balaban J connectivity index is 2.82. The van der Waals surface area contributed by atoms with E-state index in [2.05, 4.69) is 4.98 Å². The predicted molar refractivity (Wildman–Crippen MR) is 47.0 cm³/mol. The molecular formula is C9H13NO3. The Labute approximate surface area is 76.5 Å². The van der Waals surface area contributed by atoms with Crippen molar-refractivity contribution in [2.45, 2.75) is 19.1 Å². The van der Waals surface area contributed by atoms with Gasteiger partial charge in [-0.25, -0.2) is 0 Å². The molecule has 3 N–H and O–H groups in total. The monoisotopic (exact) mass is 183 g/mol. The summed E-state index contributed by atoms with van der Waals surface area (Å²) in [6.07, 6.45) is -0.633. The molecule has 4 heteroatoms. The van der Waals surface area contributed by atoms with E-state index >= 15 is 0 Å². The fourth-order valence-electron chi connectivity index (χ4n) is 1.07. The van der Waals surface area contributed by atoms with Crippen molar-refractivity contribution < 1.29 is 15.3 Å². The fourth-order valence-corrected chi connectivity index (χ4v) is 1.07. The standard InChI is InChI=1S/C9H13NO3/c1-6-4-7(2-3-10-6)9(13)8(12)5-11/h2-4,8-9,11-13H,5H2,1H3. The summed E-state index contributed by atoms with van der Waals surface area (Å²) in [7, 11) is 0. The Hall–Kier alpha value is -0.970. The van der Waals surface area contributed by atoms with Crippen molar-refractivity contribution in [3.63, 3.8) is 0 Å². The number of pyridine rings is 1. The van der Waals surface area contributed by atoms with Crippen LogP contribution in [0.4, 0.5) is 0 Å². The molecule has 1 rings (SSSR count). The molecule has 0 saturated heterocycles. The average Bonchev–Trinajstić information content (AvgIpc) is 2.15. The van der Waals surface area contributed by atoms with Gasteiger partial charge in [0, 0.05) is 11.9 Å². The van der Waals surface area contributed by atoms with E-state index in [1.807, 2.05) is 0 Å². The topological polar surface area (TPSA) is 73.6 Å². The van der Waals surface area contributed by atoms with Gasteiger partial charge in [0.25, 0.3) is 0 Å². The van der Waals surface area contributed by atoms with Gasteiger partial charge in [-0.3, -0.25) is 4.98 Å². The molecule has 1 aromatic heterocycles. The Bertz CT molecular complexity index is 277. The molecule has 1 aromatic rings. The van der Waals surface area contributed by atoms with E-state index in [-0.39, 0.29) is 0 Å². The third-order valence-electron chi connectivity index (χ3n) is 1.81. The van der Waals surface area contributed by atoms with Gasteiger partial charge >= 0.3 is 0 Å². The number of hydrogen-bond acceptors (Lipinski definition) is 4. The third kappa shape index (κ3) is 2.48. The lowest BCUT2D eigenvalue weighted by atomic mass is 10.1. The van der Waals surface area contributed by atoms with Gasteiger partial charge in [0.15, 0.2) is 0 Å². The molecule has 0 aliphatic carbocycles. The Morgan fingerprint density at radius 2 is 2.15 bits per heavy atom. The second-order valence-electron chi connectivity index (χ2n) is 2.93. The van der Waals surface area contributed by atoms with Gasteiger partial charge in [-0.2, -0.15) is 0 Å². The van der Waals surface area contributed by atoms with E-state index in [1.165, 1.54) is 0 Å². The first-order valence-electron chi connectivity index (χ1n) is 4.04. The van der Waals surface area contributed by atoms with E-state index in [4.69, 9.17) is 10.2 Å². The lowest BCUT2D eigenvalue weighted by Gasteiger charge is -2.15. The normalized spacial score (nSPS) is 15.4. The zero-order chi connectivity index (χ0) is 9.84. The number of hydrogen-bond donors (Lipinski definition) is 3. The molecule has 4 nitrogen and oxygen atoms in total. The summed E-state index contributed by atoms with van der Waals surface area (Å²) in [5.41, 5.74) is 1.33. The minimum Gasteiger partial charge on any atom is -0.394 e. The zero-order valence-electron chi connectivity index (χ0n) is 7.38. The number of aromatic nitrogens is 1. The maximum Gasteiger partial charge on any atom is 0.107 e. The lowest BCUT2D eigenvalue weighted by molar-refractivity contribution is -0.0153. The van der Waals surface area contributed by atoms with Crippen LogP contribution in [0.3, 0.4) is 0 Å². The van der Waals surface area contributed by atoms with Crippen LogP contribution in [-0.4, -0.2) is 33.0 Å². The Morgan fingerprint density at radius 3 is 2.69 bits per heavy atom. The van der Waals surface area contributed by atoms with Gasteiger partial charge in [0.2, 0.25) is 0 Å². The van der Waals surface area contributed by atoms with Crippen LogP contribution >= 0.6 is 0 Å². The van der Waals surface area contributed by atoms with Crippen LogP contribution in [0.15, 0.2) is 18.3 Å². The highest BCUT2D eigenvalue weighted by molar-refractivity contribution is 5.18. The van der Waals surface area contributed by atoms with Crippen molar-refractivity contribution in [1.82, 2.24) is 4.98 Å². The zero-order valence-corrected chi connectivity index (χ0v) is 7.38. The highest BCUT2D eigenvalue weighted by Crippen LogP contribution is 2.16. The molecule has 13 heavy (non-hydrogen) atoms. The van der Waals surface area contributed by atoms with E-state index in [1.54, 1.807) is 25.3 Å². The van der Waals surface area contributed by atoms with Crippen LogP contribution in [0.25, 0.3) is 0 Å². The summed E-state index contributed by atoms with van der Waals surface area (Å²) in [6.45, 7) is 1.34. The summed E-state index contributed by atoms with van der Waals surface area (Å²) >= 11 is 0. The molecule has 2 atom stereocenters. The number of aliphatic hydroxyl groups is 3. The molecule has 0 aliphatic heterocycles. The minimum atomic E-state index is -1.14. The molecule has 0 spiro atoms. The van der Waals surface area contributed by atoms with E-state index in [0.29, 0.717) is 5.56 Å². The first kappa shape index (κ1) is 10.1. The fraction of sp³-hybridized carbons (Fsp3) is 0.444. The Kier molecular flexibility index (Phi) is 3.36. The van der Waals surface area contributed by atoms with Gasteiger partial charge in [0.05, 0.1) is 6.61 Å². The summed E-state index contributed by atoms with van der Waals surface area (Å²) in [5, 5.41) is 27.2. The van der Waals surface area contributed by atoms with Crippen molar-refractivity contribution in [2.24, 2.45) is 0 Å². The lowest BCUT2D eigenvalue weighted by Crippen LogP contribution is -2.22. The highest BCUT2D eigenvalue weighted by Gasteiger charge is 2.16. The van der Waals surface area contributed by atoms with E-state index in [9.17, 15) is 5.11 Å². The van der Waals surface area contributed by atoms with E-state index < -0.39 is 18.8 Å². The van der Waals surface area contributed by atoms with Crippen LogP contribution in [0.2, 0.25) is 0 Å². The molecule has 2 unspecified atom stereocenters. The molecular weight excluding hydrogens is 170 g/mol. The van der Waals surface area contributed by atoms with E-state index in [0.717, 1.165) is 5.69 Å². The molecule has 1 heterocycles. The van der Waals surface area contributed by atoms with Gasteiger partial charge in [-0.05, 0) is 24.6 Å². The molecule has 0 bridgehead atoms. The molecule has 0 aromatic carbocycles. The number of nitrogens with zero attached hydrogens (tertiary/aromatic N) is 1. The van der Waals surface area contributed by atoms with Gasteiger partial charge in [-0.1, -0.05) is 0 Å². The van der Waals surface area contributed by atoms with Crippen molar-refractivity contribution in [3.05, 3.63) is 29.6 Å². The first-order chi connectivity index (χ1) is 6.15.